The first-order valence-electron chi connectivity index (χ1n) is 10.4. The Morgan fingerprint density at radius 2 is 1.87 bits per heavy atom. The molecule has 0 spiro atoms. The Hall–Kier alpha value is -2.94. The molecule has 3 amide bonds. The van der Waals surface area contributed by atoms with Gasteiger partial charge in [-0.3, -0.25) is 4.79 Å². The minimum atomic E-state index is -0.477. The molecule has 1 saturated carbocycles. The Labute approximate surface area is 176 Å². The SMILES string of the molecule is C[C@@H]1CCCC[C@H]1OCCNC(=O)Nc1ccc(NC(=O)[C@H](C)n2cncn2)cc1. The number of urea groups is 1. The van der Waals surface area contributed by atoms with E-state index in [1.807, 2.05) is 0 Å². The van der Waals surface area contributed by atoms with E-state index in [1.165, 1.54) is 36.6 Å². The van der Waals surface area contributed by atoms with Gasteiger partial charge in [0, 0.05) is 17.9 Å². The van der Waals surface area contributed by atoms with Crippen LogP contribution in [-0.2, 0) is 9.53 Å². The predicted molar refractivity (Wildman–Crippen MR) is 114 cm³/mol. The summed E-state index contributed by atoms with van der Waals surface area (Å²) < 4.78 is 7.38. The van der Waals surface area contributed by atoms with Crippen LogP contribution < -0.4 is 16.0 Å². The van der Waals surface area contributed by atoms with Gasteiger partial charge in [-0.2, -0.15) is 5.10 Å². The largest absolute Gasteiger partial charge is 0.376 e. The van der Waals surface area contributed by atoms with Crippen molar-refractivity contribution in [1.82, 2.24) is 20.1 Å². The van der Waals surface area contributed by atoms with Crippen LogP contribution in [0.25, 0.3) is 0 Å². The molecule has 30 heavy (non-hydrogen) atoms. The number of rotatable bonds is 8. The molecule has 1 aliphatic rings. The highest BCUT2D eigenvalue weighted by atomic mass is 16.5. The number of nitrogens with zero attached hydrogens (tertiary/aromatic N) is 3. The molecule has 3 N–H and O–H groups in total. The molecule has 9 nitrogen and oxygen atoms in total. The summed E-state index contributed by atoms with van der Waals surface area (Å²) in [5.41, 5.74) is 1.27. The molecule has 1 fully saturated rings. The van der Waals surface area contributed by atoms with Crippen molar-refractivity contribution in [3.05, 3.63) is 36.9 Å². The highest BCUT2D eigenvalue weighted by molar-refractivity contribution is 5.94. The molecule has 0 radical (unpaired) electrons. The van der Waals surface area contributed by atoms with E-state index >= 15 is 0 Å². The second-order valence-electron chi connectivity index (χ2n) is 7.67. The van der Waals surface area contributed by atoms with Gasteiger partial charge >= 0.3 is 6.03 Å². The Balaban J connectivity index is 1.37. The number of anilines is 2. The van der Waals surface area contributed by atoms with Crippen LogP contribution in [0.3, 0.4) is 0 Å². The highest BCUT2D eigenvalue weighted by Crippen LogP contribution is 2.26. The lowest BCUT2D eigenvalue weighted by Gasteiger charge is -2.28. The molecular weight excluding hydrogens is 384 g/mol. The maximum Gasteiger partial charge on any atom is 0.319 e. The van der Waals surface area contributed by atoms with E-state index in [4.69, 9.17) is 4.74 Å². The maximum atomic E-state index is 12.3. The molecule has 0 unspecified atom stereocenters. The average molecular weight is 415 g/mol. The Kier molecular flexibility index (Phi) is 7.78. The quantitative estimate of drug-likeness (QED) is 0.575. The third-order valence-corrected chi connectivity index (χ3v) is 5.38. The van der Waals surface area contributed by atoms with E-state index in [0.29, 0.717) is 36.5 Å². The Morgan fingerprint density at radius 1 is 1.17 bits per heavy atom. The standard InChI is InChI=1S/C21H30N6O3/c1-15-5-3-4-6-19(15)30-12-11-23-21(29)26-18-9-7-17(8-10-18)25-20(28)16(2)27-14-22-13-24-27/h7-10,13-16,19H,3-6,11-12H2,1-2H3,(H,25,28)(H2,23,26,29)/t15-,16+,19-/m1/s1. The number of hydrogen-bond acceptors (Lipinski definition) is 5. The summed E-state index contributed by atoms with van der Waals surface area (Å²) in [7, 11) is 0. The van der Waals surface area contributed by atoms with Crippen LogP contribution in [0.4, 0.5) is 16.2 Å². The Morgan fingerprint density at radius 3 is 2.53 bits per heavy atom. The van der Waals surface area contributed by atoms with Gasteiger partial charge in [0.15, 0.2) is 0 Å². The van der Waals surface area contributed by atoms with Crippen LogP contribution in [0, 0.1) is 5.92 Å². The molecule has 3 rings (SSSR count). The zero-order valence-electron chi connectivity index (χ0n) is 17.5. The lowest BCUT2D eigenvalue weighted by atomic mass is 9.88. The number of nitrogens with one attached hydrogen (secondary N) is 3. The summed E-state index contributed by atoms with van der Waals surface area (Å²) >= 11 is 0. The minimum Gasteiger partial charge on any atom is -0.376 e. The van der Waals surface area contributed by atoms with E-state index < -0.39 is 6.04 Å². The van der Waals surface area contributed by atoms with Gasteiger partial charge in [0.2, 0.25) is 5.91 Å². The number of amides is 3. The predicted octanol–water partition coefficient (Wildman–Crippen LogP) is 3.19. The minimum absolute atomic E-state index is 0.203. The van der Waals surface area contributed by atoms with Gasteiger partial charge in [0.05, 0.1) is 12.7 Å². The first-order valence-corrected chi connectivity index (χ1v) is 10.4. The highest BCUT2D eigenvalue weighted by Gasteiger charge is 2.21. The van der Waals surface area contributed by atoms with Crippen LogP contribution >= 0.6 is 0 Å². The second kappa shape index (κ2) is 10.7. The van der Waals surface area contributed by atoms with Crippen LogP contribution in [0.1, 0.15) is 45.6 Å². The van der Waals surface area contributed by atoms with E-state index in [0.717, 1.165) is 6.42 Å². The van der Waals surface area contributed by atoms with Gasteiger partial charge in [-0.05, 0) is 49.9 Å². The number of ether oxygens (including phenoxy) is 1. The van der Waals surface area contributed by atoms with Crippen molar-refractivity contribution < 1.29 is 14.3 Å². The molecule has 9 heteroatoms. The molecule has 1 aromatic carbocycles. The zero-order chi connectivity index (χ0) is 21.3. The van der Waals surface area contributed by atoms with Gasteiger partial charge < -0.3 is 20.7 Å². The number of carbonyl (C=O) groups is 2. The molecule has 1 aromatic heterocycles. The van der Waals surface area contributed by atoms with Crippen molar-refractivity contribution in [2.24, 2.45) is 5.92 Å². The summed E-state index contributed by atoms with van der Waals surface area (Å²) in [6.07, 6.45) is 8.01. The third-order valence-electron chi connectivity index (χ3n) is 5.38. The smallest absolute Gasteiger partial charge is 0.319 e. The van der Waals surface area contributed by atoms with Crippen molar-refractivity contribution >= 4 is 23.3 Å². The zero-order valence-corrected chi connectivity index (χ0v) is 17.5. The van der Waals surface area contributed by atoms with Crippen molar-refractivity contribution in [1.29, 1.82) is 0 Å². The molecular formula is C21H30N6O3. The van der Waals surface area contributed by atoms with Crippen molar-refractivity contribution in [3.8, 4) is 0 Å². The fourth-order valence-corrected chi connectivity index (χ4v) is 3.50. The molecule has 3 atom stereocenters. The first kappa shape index (κ1) is 21.8. The number of aromatic nitrogens is 3. The van der Waals surface area contributed by atoms with E-state index in [-0.39, 0.29) is 11.9 Å². The number of benzene rings is 1. The summed E-state index contributed by atoms with van der Waals surface area (Å²) in [4.78, 5) is 28.2. The molecule has 2 aromatic rings. The number of carbonyl (C=O) groups excluding carboxylic acids is 2. The van der Waals surface area contributed by atoms with Gasteiger partial charge in [0.1, 0.15) is 18.7 Å². The molecule has 162 valence electrons. The van der Waals surface area contributed by atoms with Gasteiger partial charge in [-0.1, -0.05) is 19.8 Å². The summed E-state index contributed by atoms with van der Waals surface area (Å²) in [5.74, 6) is 0.386. The number of hydrogen-bond donors (Lipinski definition) is 3. The first-order chi connectivity index (χ1) is 14.5. The van der Waals surface area contributed by atoms with Gasteiger partial charge in [-0.15, -0.1) is 0 Å². The molecule has 0 aliphatic heterocycles. The Bertz CT molecular complexity index is 809. The van der Waals surface area contributed by atoms with Crippen molar-refractivity contribution in [3.63, 3.8) is 0 Å². The summed E-state index contributed by atoms with van der Waals surface area (Å²) in [6, 6.07) is 6.16. The lowest BCUT2D eigenvalue weighted by molar-refractivity contribution is -0.119. The van der Waals surface area contributed by atoms with Crippen LogP contribution in [0.2, 0.25) is 0 Å². The second-order valence-corrected chi connectivity index (χ2v) is 7.67. The van der Waals surface area contributed by atoms with Crippen molar-refractivity contribution in [2.45, 2.75) is 51.7 Å². The fourth-order valence-electron chi connectivity index (χ4n) is 3.50. The van der Waals surface area contributed by atoms with Crippen LogP contribution in [-0.4, -0.2) is 46.0 Å². The van der Waals surface area contributed by atoms with Crippen LogP contribution in [0.5, 0.6) is 0 Å². The monoisotopic (exact) mass is 414 g/mol. The van der Waals surface area contributed by atoms with Gasteiger partial charge in [-0.25, -0.2) is 14.5 Å². The summed E-state index contributed by atoms with van der Waals surface area (Å²) in [6.45, 7) is 4.94. The van der Waals surface area contributed by atoms with E-state index in [9.17, 15) is 9.59 Å². The van der Waals surface area contributed by atoms with E-state index in [2.05, 4.69) is 33.0 Å². The molecule has 1 aliphatic carbocycles. The molecule has 0 bridgehead atoms. The van der Waals surface area contributed by atoms with Crippen molar-refractivity contribution in [2.75, 3.05) is 23.8 Å². The maximum absolute atomic E-state index is 12.3. The summed E-state index contributed by atoms with van der Waals surface area (Å²) in [5, 5.41) is 12.4. The lowest BCUT2D eigenvalue weighted by Crippen LogP contribution is -2.34. The third kappa shape index (κ3) is 6.28. The fraction of sp³-hybridized carbons (Fsp3) is 0.524. The normalized spacial score (nSPS) is 19.7. The van der Waals surface area contributed by atoms with E-state index in [1.54, 1.807) is 31.2 Å². The van der Waals surface area contributed by atoms with Gasteiger partial charge in [0.25, 0.3) is 0 Å². The average Bonchev–Trinajstić information content (AvgIpc) is 3.28. The van der Waals surface area contributed by atoms with Crippen LogP contribution in [0.15, 0.2) is 36.9 Å². The molecule has 0 saturated heterocycles. The molecule has 1 heterocycles. The topological polar surface area (TPSA) is 110 Å².